The third kappa shape index (κ3) is 3.48. The van der Waals surface area contributed by atoms with Gasteiger partial charge in [-0.25, -0.2) is 9.18 Å². The first-order valence-electron chi connectivity index (χ1n) is 9.54. The molecule has 148 valence electrons. The van der Waals surface area contributed by atoms with Crippen LogP contribution in [0.25, 0.3) is 11.0 Å². The summed E-state index contributed by atoms with van der Waals surface area (Å²) in [7, 11) is 0. The molecule has 1 aliphatic rings. The predicted molar refractivity (Wildman–Crippen MR) is 108 cm³/mol. The van der Waals surface area contributed by atoms with E-state index in [2.05, 4.69) is 10.3 Å². The van der Waals surface area contributed by atoms with Crippen molar-refractivity contribution in [1.82, 2.24) is 14.9 Å². The Balaban J connectivity index is 1.49. The minimum Gasteiger partial charge on any atom is -0.387 e. The van der Waals surface area contributed by atoms with E-state index in [1.807, 2.05) is 25.1 Å². The number of para-hydroxylation sites is 1. The average Bonchev–Trinajstić information content (AvgIpc) is 2.91. The standard InChI is InChI=1S/C21H23ClFN3O2/c1-12(8-9-13-15(22)5-3-6-16(13)23)24-18-10-11-26-19-14(20(18)27)4-2-7-17(19)25-21(26)28/h2-7,12,18,20,24,27H,8-11H2,1H3,(H,25,28). The van der Waals surface area contributed by atoms with Crippen LogP contribution in [0.2, 0.25) is 5.02 Å². The number of hydrogen-bond acceptors (Lipinski definition) is 3. The van der Waals surface area contributed by atoms with Crippen molar-refractivity contribution >= 4 is 22.6 Å². The molecular formula is C21H23ClFN3O2. The van der Waals surface area contributed by atoms with Crippen molar-refractivity contribution in [2.75, 3.05) is 0 Å². The first-order chi connectivity index (χ1) is 13.5. The summed E-state index contributed by atoms with van der Waals surface area (Å²) in [5.74, 6) is -0.292. The number of aliphatic hydroxyl groups excluding tert-OH is 1. The summed E-state index contributed by atoms with van der Waals surface area (Å²) in [4.78, 5) is 15.1. The molecule has 3 atom stereocenters. The van der Waals surface area contributed by atoms with E-state index in [9.17, 15) is 14.3 Å². The van der Waals surface area contributed by atoms with Crippen LogP contribution in [0.1, 0.15) is 37.0 Å². The molecule has 0 fully saturated rings. The molecule has 3 N–H and O–H groups in total. The molecule has 2 aromatic carbocycles. The van der Waals surface area contributed by atoms with Crippen LogP contribution in [0, 0.1) is 5.82 Å². The van der Waals surface area contributed by atoms with Gasteiger partial charge in [-0.2, -0.15) is 0 Å². The van der Waals surface area contributed by atoms with Crippen molar-refractivity contribution in [2.24, 2.45) is 0 Å². The Morgan fingerprint density at radius 2 is 2.14 bits per heavy atom. The monoisotopic (exact) mass is 403 g/mol. The molecular weight excluding hydrogens is 381 g/mol. The molecule has 1 aromatic heterocycles. The fourth-order valence-corrected chi connectivity index (χ4v) is 4.36. The van der Waals surface area contributed by atoms with Crippen LogP contribution in [-0.4, -0.2) is 26.7 Å². The van der Waals surface area contributed by atoms with Gasteiger partial charge in [-0.15, -0.1) is 0 Å². The van der Waals surface area contributed by atoms with Gasteiger partial charge in [0.2, 0.25) is 0 Å². The van der Waals surface area contributed by atoms with Gasteiger partial charge in [0, 0.05) is 34.8 Å². The Hall–Kier alpha value is -2.15. The Bertz CT molecular complexity index is 1040. The van der Waals surface area contributed by atoms with Gasteiger partial charge in [0.05, 0.1) is 17.1 Å². The summed E-state index contributed by atoms with van der Waals surface area (Å²) in [5, 5.41) is 14.9. The van der Waals surface area contributed by atoms with E-state index in [0.717, 1.165) is 16.6 Å². The van der Waals surface area contributed by atoms with E-state index in [4.69, 9.17) is 11.6 Å². The number of rotatable bonds is 5. The first-order valence-corrected chi connectivity index (χ1v) is 9.92. The fraction of sp³-hybridized carbons (Fsp3) is 0.381. The Kier molecular flexibility index (Phi) is 5.27. The minimum atomic E-state index is -0.729. The molecule has 0 bridgehead atoms. The van der Waals surface area contributed by atoms with E-state index >= 15 is 0 Å². The van der Waals surface area contributed by atoms with Crippen LogP contribution in [0.4, 0.5) is 4.39 Å². The number of benzene rings is 2. The lowest BCUT2D eigenvalue weighted by Crippen LogP contribution is -2.41. The molecule has 0 saturated carbocycles. The number of H-pyrrole nitrogens is 1. The van der Waals surface area contributed by atoms with Crippen LogP contribution in [0.15, 0.2) is 41.2 Å². The SMILES string of the molecule is CC(CCc1c(F)cccc1Cl)NC1CCn2c(=O)[nH]c3cccc(c32)C1O. The van der Waals surface area contributed by atoms with Crippen LogP contribution in [0.5, 0.6) is 0 Å². The smallest absolute Gasteiger partial charge is 0.326 e. The molecule has 28 heavy (non-hydrogen) atoms. The second-order valence-corrected chi connectivity index (χ2v) is 7.88. The molecule has 0 radical (unpaired) electrons. The molecule has 0 amide bonds. The lowest BCUT2D eigenvalue weighted by Gasteiger charge is -2.26. The third-order valence-electron chi connectivity index (χ3n) is 5.58. The average molecular weight is 404 g/mol. The summed E-state index contributed by atoms with van der Waals surface area (Å²) in [6.07, 6.45) is 1.08. The number of halogens is 2. The molecule has 0 aliphatic carbocycles. The number of nitrogens with one attached hydrogen (secondary N) is 2. The van der Waals surface area contributed by atoms with Crippen molar-refractivity contribution in [3.8, 4) is 0 Å². The van der Waals surface area contributed by atoms with Gasteiger partial charge < -0.3 is 15.4 Å². The molecule has 0 spiro atoms. The first kappa shape index (κ1) is 19.2. The highest BCUT2D eigenvalue weighted by Crippen LogP contribution is 2.30. The third-order valence-corrected chi connectivity index (χ3v) is 5.93. The van der Waals surface area contributed by atoms with Crippen molar-refractivity contribution in [2.45, 2.75) is 50.9 Å². The molecule has 1 aliphatic heterocycles. The van der Waals surface area contributed by atoms with E-state index in [1.165, 1.54) is 6.07 Å². The maximum atomic E-state index is 14.0. The van der Waals surface area contributed by atoms with Gasteiger partial charge in [-0.3, -0.25) is 4.57 Å². The molecule has 0 saturated heterocycles. The van der Waals surface area contributed by atoms with Gasteiger partial charge in [0.1, 0.15) is 5.82 Å². The van der Waals surface area contributed by atoms with Crippen molar-refractivity contribution in [3.63, 3.8) is 0 Å². The van der Waals surface area contributed by atoms with Crippen molar-refractivity contribution in [3.05, 3.63) is 68.8 Å². The number of aromatic nitrogens is 2. The highest BCUT2D eigenvalue weighted by Gasteiger charge is 2.29. The summed E-state index contributed by atoms with van der Waals surface area (Å²) in [6.45, 7) is 2.54. The van der Waals surface area contributed by atoms with E-state index < -0.39 is 6.10 Å². The number of aryl methyl sites for hydroxylation is 1. The van der Waals surface area contributed by atoms with Crippen LogP contribution >= 0.6 is 11.6 Å². The number of imidazole rings is 1. The second kappa shape index (κ2) is 7.70. The Morgan fingerprint density at radius 1 is 1.36 bits per heavy atom. The van der Waals surface area contributed by atoms with Crippen LogP contribution in [-0.2, 0) is 13.0 Å². The lowest BCUT2D eigenvalue weighted by molar-refractivity contribution is 0.119. The van der Waals surface area contributed by atoms with E-state index in [0.29, 0.717) is 36.4 Å². The second-order valence-electron chi connectivity index (χ2n) is 7.47. The van der Waals surface area contributed by atoms with Crippen molar-refractivity contribution in [1.29, 1.82) is 0 Å². The van der Waals surface area contributed by atoms with Crippen molar-refractivity contribution < 1.29 is 9.50 Å². The van der Waals surface area contributed by atoms with Gasteiger partial charge in [0.15, 0.2) is 0 Å². The fourth-order valence-electron chi connectivity index (χ4n) is 4.10. The largest absolute Gasteiger partial charge is 0.387 e. The lowest BCUT2D eigenvalue weighted by atomic mass is 9.98. The number of aliphatic hydroxyl groups is 1. The zero-order valence-electron chi connectivity index (χ0n) is 15.6. The number of aromatic amines is 1. The topological polar surface area (TPSA) is 70.0 Å². The van der Waals surface area contributed by atoms with Gasteiger partial charge >= 0.3 is 5.69 Å². The molecule has 4 rings (SSSR count). The molecule has 2 heterocycles. The highest BCUT2D eigenvalue weighted by atomic mass is 35.5. The number of nitrogens with zero attached hydrogens (tertiary/aromatic N) is 1. The van der Waals surface area contributed by atoms with Crippen LogP contribution < -0.4 is 11.0 Å². The maximum absolute atomic E-state index is 14.0. The zero-order valence-corrected chi connectivity index (χ0v) is 16.3. The summed E-state index contributed by atoms with van der Waals surface area (Å²) >= 11 is 6.11. The zero-order chi connectivity index (χ0) is 19.8. The van der Waals surface area contributed by atoms with Gasteiger partial charge in [-0.05, 0) is 44.4 Å². The molecule has 5 nitrogen and oxygen atoms in total. The maximum Gasteiger partial charge on any atom is 0.326 e. The molecule has 3 unspecified atom stereocenters. The Labute approximate surface area is 167 Å². The number of hydrogen-bond donors (Lipinski definition) is 3. The van der Waals surface area contributed by atoms with E-state index in [1.54, 1.807) is 16.7 Å². The molecule has 3 aromatic rings. The van der Waals surface area contributed by atoms with Gasteiger partial charge in [-0.1, -0.05) is 29.8 Å². The van der Waals surface area contributed by atoms with E-state index in [-0.39, 0.29) is 23.6 Å². The van der Waals surface area contributed by atoms with Crippen LogP contribution in [0.3, 0.4) is 0 Å². The Morgan fingerprint density at radius 3 is 2.93 bits per heavy atom. The predicted octanol–water partition coefficient (Wildman–Crippen LogP) is 3.54. The highest BCUT2D eigenvalue weighted by molar-refractivity contribution is 6.31. The summed E-state index contributed by atoms with van der Waals surface area (Å²) < 4.78 is 15.7. The minimum absolute atomic E-state index is 0.0465. The summed E-state index contributed by atoms with van der Waals surface area (Å²) in [6, 6.07) is 10.1. The normalized spacial score (nSPS) is 20.3. The quantitative estimate of drug-likeness (QED) is 0.610. The summed E-state index contributed by atoms with van der Waals surface area (Å²) in [5.41, 5.74) is 2.62. The van der Waals surface area contributed by atoms with Gasteiger partial charge in [0.25, 0.3) is 0 Å². The molecule has 7 heteroatoms.